The number of benzene rings is 2. The first-order valence-corrected chi connectivity index (χ1v) is 7.19. The van der Waals surface area contributed by atoms with Crippen molar-refractivity contribution in [3.8, 4) is 11.5 Å². The molecule has 100 valence electrons. The maximum absolute atomic E-state index is 13.9. The minimum absolute atomic E-state index is 0.252. The molecular formula is C12H6BBr2FN2O2. The lowest BCUT2D eigenvalue weighted by Crippen LogP contribution is -2.24. The van der Waals surface area contributed by atoms with Crippen molar-refractivity contribution in [2.45, 2.75) is 0 Å². The van der Waals surface area contributed by atoms with Crippen molar-refractivity contribution in [3.05, 3.63) is 45.3 Å². The van der Waals surface area contributed by atoms with Gasteiger partial charge in [-0.15, -0.1) is 10.2 Å². The van der Waals surface area contributed by atoms with E-state index < -0.39 is 7.40 Å². The normalized spacial score (nSPS) is 13.2. The molecule has 0 bridgehead atoms. The summed E-state index contributed by atoms with van der Waals surface area (Å²) in [5.74, 6) is 0.505. The molecule has 0 N–H and O–H groups in total. The summed E-state index contributed by atoms with van der Waals surface area (Å²) >= 11 is 6.58. The van der Waals surface area contributed by atoms with Gasteiger partial charge in [-0.3, -0.25) is 0 Å². The van der Waals surface area contributed by atoms with Gasteiger partial charge in [-0.05, 0) is 36.4 Å². The third-order valence-electron chi connectivity index (χ3n) is 2.55. The molecule has 0 radical (unpaired) electrons. The number of halogens is 3. The van der Waals surface area contributed by atoms with E-state index in [1.165, 1.54) is 0 Å². The molecule has 0 spiro atoms. The van der Waals surface area contributed by atoms with Crippen LogP contribution in [0.4, 0.5) is 15.7 Å². The highest BCUT2D eigenvalue weighted by molar-refractivity contribution is 9.10. The van der Waals surface area contributed by atoms with E-state index in [-0.39, 0.29) is 11.5 Å². The standard InChI is InChI=1S/C12H6BBr2FN2O2/c14-7-1-3-9-11(5-7)19-13(16)20-12-6-8(15)2-4-10(12)18-17-9/h1-6H. The van der Waals surface area contributed by atoms with Gasteiger partial charge >= 0.3 is 7.40 Å². The van der Waals surface area contributed by atoms with Crippen molar-refractivity contribution in [3.63, 3.8) is 0 Å². The maximum Gasteiger partial charge on any atom is 0.830 e. The minimum Gasteiger partial charge on any atom is -0.495 e. The molecular weight excluding hydrogens is 394 g/mol. The second kappa shape index (κ2) is 5.53. The fourth-order valence-electron chi connectivity index (χ4n) is 1.66. The van der Waals surface area contributed by atoms with Crippen molar-refractivity contribution in [1.29, 1.82) is 0 Å². The smallest absolute Gasteiger partial charge is 0.495 e. The van der Waals surface area contributed by atoms with Crippen molar-refractivity contribution >= 4 is 50.6 Å². The van der Waals surface area contributed by atoms with Gasteiger partial charge in [0.25, 0.3) is 0 Å². The Kier molecular flexibility index (Phi) is 3.75. The molecule has 0 saturated carbocycles. The second-order valence-electron chi connectivity index (χ2n) is 3.93. The van der Waals surface area contributed by atoms with Crippen molar-refractivity contribution in [2.24, 2.45) is 10.2 Å². The topological polar surface area (TPSA) is 43.2 Å². The molecule has 2 aromatic carbocycles. The van der Waals surface area contributed by atoms with Gasteiger partial charge in [-0.25, -0.2) is 4.32 Å². The predicted octanol–water partition coefficient (Wildman–Crippen LogP) is 5.35. The number of fused-ring (bicyclic) bond motifs is 2. The van der Waals surface area contributed by atoms with E-state index in [0.29, 0.717) is 11.4 Å². The summed E-state index contributed by atoms with van der Waals surface area (Å²) in [5.41, 5.74) is 0.852. The lowest BCUT2D eigenvalue weighted by atomic mass is 10.2. The quantitative estimate of drug-likeness (QED) is 0.560. The number of hydrogen-bond acceptors (Lipinski definition) is 4. The van der Waals surface area contributed by atoms with Crippen LogP contribution in [-0.2, 0) is 0 Å². The van der Waals surface area contributed by atoms with E-state index in [9.17, 15) is 4.32 Å². The van der Waals surface area contributed by atoms with E-state index in [0.717, 1.165) is 8.95 Å². The summed E-state index contributed by atoms with van der Waals surface area (Å²) in [7, 11) is -1.94. The third-order valence-corrected chi connectivity index (χ3v) is 3.53. The van der Waals surface area contributed by atoms with Gasteiger partial charge in [0.05, 0.1) is 0 Å². The fraction of sp³-hybridized carbons (Fsp3) is 0. The molecule has 2 aromatic rings. The molecule has 0 aromatic heterocycles. The molecule has 0 unspecified atom stereocenters. The minimum atomic E-state index is -1.94. The Balaban J connectivity index is 2.09. The first-order valence-electron chi connectivity index (χ1n) is 5.60. The van der Waals surface area contributed by atoms with Crippen LogP contribution < -0.4 is 9.31 Å². The van der Waals surface area contributed by atoms with Crippen LogP contribution in [-0.4, -0.2) is 7.40 Å². The molecule has 3 rings (SSSR count). The lowest BCUT2D eigenvalue weighted by Gasteiger charge is -2.10. The molecule has 0 aliphatic carbocycles. The molecule has 1 aliphatic heterocycles. The van der Waals surface area contributed by atoms with Crippen LogP contribution in [0.15, 0.2) is 55.6 Å². The van der Waals surface area contributed by atoms with Crippen LogP contribution in [0, 0.1) is 0 Å². The van der Waals surface area contributed by atoms with Crippen molar-refractivity contribution < 1.29 is 13.6 Å². The lowest BCUT2D eigenvalue weighted by molar-refractivity contribution is 0.361. The highest BCUT2D eigenvalue weighted by Gasteiger charge is 2.28. The highest BCUT2D eigenvalue weighted by atomic mass is 79.9. The predicted molar refractivity (Wildman–Crippen MR) is 80.6 cm³/mol. The van der Waals surface area contributed by atoms with Gasteiger partial charge in [0.1, 0.15) is 22.9 Å². The first kappa shape index (κ1) is 13.6. The van der Waals surface area contributed by atoms with Gasteiger partial charge in [0, 0.05) is 8.95 Å². The first-order chi connectivity index (χ1) is 9.61. The molecule has 1 aliphatic rings. The molecule has 8 heteroatoms. The monoisotopic (exact) mass is 398 g/mol. The molecule has 0 atom stereocenters. The van der Waals surface area contributed by atoms with Crippen LogP contribution in [0.1, 0.15) is 0 Å². The van der Waals surface area contributed by atoms with Gasteiger partial charge in [0.2, 0.25) is 0 Å². The largest absolute Gasteiger partial charge is 0.830 e. The Morgan fingerprint density at radius 2 is 1.30 bits per heavy atom. The Morgan fingerprint density at radius 3 is 1.75 bits per heavy atom. The van der Waals surface area contributed by atoms with Crippen LogP contribution in [0.3, 0.4) is 0 Å². The maximum atomic E-state index is 13.9. The number of nitrogens with zero attached hydrogens (tertiary/aromatic N) is 2. The number of hydrogen-bond donors (Lipinski definition) is 0. The molecule has 0 saturated heterocycles. The van der Waals surface area contributed by atoms with Crippen LogP contribution in [0.25, 0.3) is 0 Å². The number of rotatable bonds is 0. The Hall–Kier alpha value is -1.41. The van der Waals surface area contributed by atoms with E-state index in [2.05, 4.69) is 42.1 Å². The Morgan fingerprint density at radius 1 is 0.850 bits per heavy atom. The Bertz CT molecular complexity index is 642. The third kappa shape index (κ3) is 2.86. The average molecular weight is 400 g/mol. The summed E-state index contributed by atoms with van der Waals surface area (Å²) in [6, 6.07) is 10.1. The van der Waals surface area contributed by atoms with E-state index in [4.69, 9.17) is 9.31 Å². The highest BCUT2D eigenvalue weighted by Crippen LogP contribution is 2.38. The summed E-state index contributed by atoms with van der Waals surface area (Å²) < 4.78 is 25.6. The van der Waals surface area contributed by atoms with Gasteiger partial charge in [0.15, 0.2) is 0 Å². The van der Waals surface area contributed by atoms with E-state index in [1.54, 1.807) is 36.4 Å². The average Bonchev–Trinajstić information content (AvgIpc) is 2.45. The fourth-order valence-corrected chi connectivity index (χ4v) is 2.34. The van der Waals surface area contributed by atoms with Crippen LogP contribution in [0.5, 0.6) is 11.5 Å². The van der Waals surface area contributed by atoms with Gasteiger partial charge < -0.3 is 9.31 Å². The zero-order chi connectivity index (χ0) is 14.1. The summed E-state index contributed by atoms with van der Waals surface area (Å²) in [6.07, 6.45) is 0. The van der Waals surface area contributed by atoms with Gasteiger partial charge in [-0.2, -0.15) is 0 Å². The van der Waals surface area contributed by atoms with Crippen molar-refractivity contribution in [2.75, 3.05) is 0 Å². The zero-order valence-electron chi connectivity index (χ0n) is 9.89. The Labute approximate surface area is 131 Å². The SMILES string of the molecule is FB1Oc2cc(Br)ccc2N=Nc2ccc(Br)cc2O1. The summed E-state index contributed by atoms with van der Waals surface area (Å²) in [4.78, 5) is 0. The van der Waals surface area contributed by atoms with Gasteiger partial charge in [-0.1, -0.05) is 31.9 Å². The second-order valence-corrected chi connectivity index (χ2v) is 5.77. The molecule has 1 heterocycles. The molecule has 0 amide bonds. The van der Waals surface area contributed by atoms with Crippen LogP contribution >= 0.6 is 31.9 Å². The molecule has 20 heavy (non-hydrogen) atoms. The summed E-state index contributed by atoms with van der Waals surface area (Å²) in [6.45, 7) is 0. The molecule has 4 nitrogen and oxygen atoms in total. The number of azo groups is 1. The van der Waals surface area contributed by atoms with Crippen molar-refractivity contribution in [1.82, 2.24) is 0 Å². The van der Waals surface area contributed by atoms with E-state index in [1.807, 2.05) is 0 Å². The zero-order valence-corrected chi connectivity index (χ0v) is 13.1. The van der Waals surface area contributed by atoms with E-state index >= 15 is 0 Å². The molecule has 0 fully saturated rings. The van der Waals surface area contributed by atoms with Crippen LogP contribution in [0.2, 0.25) is 0 Å². The summed E-state index contributed by atoms with van der Waals surface area (Å²) in [5, 5.41) is 8.14.